The van der Waals surface area contributed by atoms with E-state index < -0.39 is 0 Å². The first-order valence-corrected chi connectivity index (χ1v) is 7.22. The highest BCUT2D eigenvalue weighted by molar-refractivity contribution is 7.98. The molecule has 0 bridgehead atoms. The van der Waals surface area contributed by atoms with Gasteiger partial charge in [-0.1, -0.05) is 17.8 Å². The number of aromatic hydroxyl groups is 1. The zero-order chi connectivity index (χ0) is 14.1. The molecule has 0 saturated heterocycles. The predicted octanol–water partition coefficient (Wildman–Crippen LogP) is 2.74. The second-order valence-corrected chi connectivity index (χ2v) is 5.45. The Hall–Kier alpha value is -2.08. The first-order valence-electron chi connectivity index (χ1n) is 6.23. The lowest BCUT2D eigenvalue weighted by molar-refractivity contribution is 0.444. The molecule has 0 saturated carbocycles. The number of hydrogen-bond donors (Lipinski definition) is 1. The van der Waals surface area contributed by atoms with E-state index in [2.05, 4.69) is 19.4 Å². The molecule has 0 aliphatic heterocycles. The highest BCUT2D eigenvalue weighted by Gasteiger charge is 2.10. The lowest BCUT2D eigenvalue weighted by atomic mass is 10.4. The first-order chi connectivity index (χ1) is 9.63. The highest BCUT2D eigenvalue weighted by atomic mass is 32.2. The first kappa shape index (κ1) is 12.9. The Morgan fingerprint density at radius 3 is 2.85 bits per heavy atom. The second kappa shape index (κ2) is 5.13. The van der Waals surface area contributed by atoms with Crippen molar-refractivity contribution >= 4 is 17.4 Å². The molecule has 1 N–H and O–H groups in total. The van der Waals surface area contributed by atoms with Crippen LogP contribution in [-0.4, -0.2) is 24.5 Å². The van der Waals surface area contributed by atoms with E-state index in [1.807, 2.05) is 38.2 Å². The van der Waals surface area contributed by atoms with Crippen LogP contribution in [0.1, 0.15) is 17.1 Å². The van der Waals surface area contributed by atoms with Gasteiger partial charge in [-0.25, -0.2) is 9.97 Å². The summed E-state index contributed by atoms with van der Waals surface area (Å²) < 4.78 is 2.07. The molecule has 0 unspecified atom stereocenters. The van der Waals surface area contributed by atoms with Crippen molar-refractivity contribution in [3.05, 3.63) is 47.5 Å². The van der Waals surface area contributed by atoms with E-state index in [0.717, 1.165) is 22.7 Å². The quantitative estimate of drug-likeness (QED) is 0.592. The van der Waals surface area contributed by atoms with Gasteiger partial charge in [-0.05, 0) is 26.0 Å². The standard InChI is InChI=1S/C14H14N4OS/c1-9-7-13(19)17-14(15-9)20-8-11-10(2)16-12-5-3-4-6-18(11)12/h3-7H,8H2,1-2H3,(H,15,17,19). The van der Waals surface area contributed by atoms with Crippen molar-refractivity contribution in [3.63, 3.8) is 0 Å². The van der Waals surface area contributed by atoms with Crippen molar-refractivity contribution < 1.29 is 5.11 Å². The fourth-order valence-corrected chi connectivity index (χ4v) is 3.04. The van der Waals surface area contributed by atoms with E-state index in [0.29, 0.717) is 10.9 Å². The molecule has 0 amide bonds. The van der Waals surface area contributed by atoms with Gasteiger partial charge in [0, 0.05) is 23.7 Å². The van der Waals surface area contributed by atoms with Gasteiger partial charge in [0.05, 0.1) is 11.4 Å². The van der Waals surface area contributed by atoms with Crippen LogP contribution in [0.25, 0.3) is 5.65 Å². The molecule has 0 fully saturated rings. The largest absolute Gasteiger partial charge is 0.493 e. The van der Waals surface area contributed by atoms with Gasteiger partial charge in [0.2, 0.25) is 5.88 Å². The molecule has 0 aliphatic rings. The molecule has 0 spiro atoms. The van der Waals surface area contributed by atoms with E-state index in [4.69, 9.17) is 0 Å². The number of aryl methyl sites for hydroxylation is 2. The predicted molar refractivity (Wildman–Crippen MR) is 77.9 cm³/mol. The molecule has 3 rings (SSSR count). The van der Waals surface area contributed by atoms with Crippen LogP contribution >= 0.6 is 11.8 Å². The molecule has 20 heavy (non-hydrogen) atoms. The molecular weight excluding hydrogens is 272 g/mol. The van der Waals surface area contributed by atoms with Crippen LogP contribution in [0, 0.1) is 13.8 Å². The molecule has 0 aliphatic carbocycles. The van der Waals surface area contributed by atoms with Crippen molar-refractivity contribution in [2.75, 3.05) is 0 Å². The lowest BCUT2D eigenvalue weighted by Gasteiger charge is -2.03. The summed E-state index contributed by atoms with van der Waals surface area (Å²) in [5.74, 6) is 0.717. The number of fused-ring (bicyclic) bond motifs is 1. The number of nitrogens with zero attached hydrogens (tertiary/aromatic N) is 4. The van der Waals surface area contributed by atoms with Gasteiger partial charge >= 0.3 is 0 Å². The monoisotopic (exact) mass is 286 g/mol. The minimum atomic E-state index is 0.00913. The third-order valence-corrected chi connectivity index (χ3v) is 3.85. The molecule has 0 radical (unpaired) electrons. The molecule has 0 aromatic carbocycles. The van der Waals surface area contributed by atoms with Crippen LogP contribution in [0.5, 0.6) is 5.88 Å². The Kier molecular flexibility index (Phi) is 3.31. The minimum absolute atomic E-state index is 0.00913. The average molecular weight is 286 g/mol. The molecular formula is C14H14N4OS. The van der Waals surface area contributed by atoms with Crippen LogP contribution in [-0.2, 0) is 5.75 Å². The van der Waals surface area contributed by atoms with Gasteiger partial charge in [-0.2, -0.15) is 4.98 Å². The summed E-state index contributed by atoms with van der Waals surface area (Å²) in [5, 5.41) is 10.1. The number of rotatable bonds is 3. The number of imidazole rings is 1. The fraction of sp³-hybridized carbons (Fsp3) is 0.214. The summed E-state index contributed by atoms with van der Waals surface area (Å²) in [7, 11) is 0. The Bertz CT molecular complexity index is 749. The number of aromatic nitrogens is 4. The zero-order valence-corrected chi connectivity index (χ0v) is 12.1. The third kappa shape index (κ3) is 2.46. The number of hydrogen-bond acceptors (Lipinski definition) is 5. The summed E-state index contributed by atoms with van der Waals surface area (Å²) >= 11 is 1.49. The van der Waals surface area contributed by atoms with Crippen molar-refractivity contribution in [2.24, 2.45) is 0 Å². The van der Waals surface area contributed by atoms with Crippen molar-refractivity contribution in [2.45, 2.75) is 24.8 Å². The van der Waals surface area contributed by atoms with Crippen LogP contribution in [0.4, 0.5) is 0 Å². The lowest BCUT2D eigenvalue weighted by Crippen LogP contribution is -1.94. The van der Waals surface area contributed by atoms with Gasteiger partial charge in [0.25, 0.3) is 0 Å². The Balaban J connectivity index is 1.88. The Labute approximate surface area is 120 Å². The second-order valence-electron chi connectivity index (χ2n) is 4.51. The molecule has 3 aromatic rings. The van der Waals surface area contributed by atoms with Gasteiger partial charge in [0.15, 0.2) is 5.16 Å². The number of thioether (sulfide) groups is 1. The van der Waals surface area contributed by atoms with Gasteiger partial charge in [-0.15, -0.1) is 0 Å². The maximum atomic E-state index is 9.50. The van der Waals surface area contributed by atoms with Crippen molar-refractivity contribution in [1.82, 2.24) is 19.4 Å². The fourth-order valence-electron chi connectivity index (χ4n) is 2.06. The molecule has 102 valence electrons. The highest BCUT2D eigenvalue weighted by Crippen LogP contribution is 2.23. The Morgan fingerprint density at radius 1 is 1.20 bits per heavy atom. The van der Waals surface area contributed by atoms with Gasteiger partial charge in [-0.3, -0.25) is 0 Å². The normalized spacial score (nSPS) is 11.1. The molecule has 5 nitrogen and oxygen atoms in total. The van der Waals surface area contributed by atoms with Crippen LogP contribution in [0.3, 0.4) is 0 Å². The molecule has 3 aromatic heterocycles. The Morgan fingerprint density at radius 2 is 2.05 bits per heavy atom. The third-order valence-electron chi connectivity index (χ3n) is 2.99. The van der Waals surface area contributed by atoms with E-state index in [1.54, 1.807) is 6.07 Å². The maximum Gasteiger partial charge on any atom is 0.215 e. The van der Waals surface area contributed by atoms with E-state index in [1.165, 1.54) is 11.8 Å². The summed E-state index contributed by atoms with van der Waals surface area (Å²) in [4.78, 5) is 12.8. The summed E-state index contributed by atoms with van der Waals surface area (Å²) in [5.41, 5.74) is 3.82. The molecule has 6 heteroatoms. The zero-order valence-electron chi connectivity index (χ0n) is 11.2. The average Bonchev–Trinajstić information content (AvgIpc) is 2.71. The summed E-state index contributed by atoms with van der Waals surface area (Å²) in [6.45, 7) is 3.84. The minimum Gasteiger partial charge on any atom is -0.493 e. The smallest absolute Gasteiger partial charge is 0.215 e. The molecule has 0 atom stereocenters. The molecule has 3 heterocycles. The number of pyridine rings is 1. The van der Waals surface area contributed by atoms with E-state index in [-0.39, 0.29) is 5.88 Å². The summed E-state index contributed by atoms with van der Waals surface area (Å²) in [6, 6.07) is 7.48. The topological polar surface area (TPSA) is 63.3 Å². The van der Waals surface area contributed by atoms with Gasteiger partial charge in [0.1, 0.15) is 5.65 Å². The summed E-state index contributed by atoms with van der Waals surface area (Å²) in [6.07, 6.45) is 2.00. The maximum absolute atomic E-state index is 9.50. The van der Waals surface area contributed by atoms with Gasteiger partial charge < -0.3 is 9.51 Å². The van der Waals surface area contributed by atoms with Crippen molar-refractivity contribution in [1.29, 1.82) is 0 Å². The van der Waals surface area contributed by atoms with Crippen LogP contribution in [0.15, 0.2) is 35.6 Å². The SMILES string of the molecule is Cc1cc(O)nc(SCc2c(C)nc3ccccn23)n1. The van der Waals surface area contributed by atoms with E-state index in [9.17, 15) is 5.11 Å². The van der Waals surface area contributed by atoms with Crippen LogP contribution in [0.2, 0.25) is 0 Å². The van der Waals surface area contributed by atoms with Crippen LogP contribution < -0.4 is 0 Å². The van der Waals surface area contributed by atoms with Crippen molar-refractivity contribution in [3.8, 4) is 5.88 Å². The van der Waals surface area contributed by atoms with E-state index >= 15 is 0 Å².